The topological polar surface area (TPSA) is 3.24 Å². The molecular formula is C14H20ClN. The zero-order valence-corrected chi connectivity index (χ0v) is 10.7. The Morgan fingerprint density at radius 2 is 2.00 bits per heavy atom. The highest BCUT2D eigenvalue weighted by molar-refractivity contribution is 6.30. The highest BCUT2D eigenvalue weighted by Crippen LogP contribution is 2.26. The fourth-order valence-electron chi connectivity index (χ4n) is 2.58. The van der Waals surface area contributed by atoms with Crippen molar-refractivity contribution in [1.29, 1.82) is 0 Å². The summed E-state index contributed by atoms with van der Waals surface area (Å²) in [6, 6.07) is 8.13. The molecule has 1 aromatic carbocycles. The Hall–Kier alpha value is -0.690. The summed E-state index contributed by atoms with van der Waals surface area (Å²) in [5.41, 5.74) is 1.23. The lowest BCUT2D eigenvalue weighted by Gasteiger charge is -2.28. The van der Waals surface area contributed by atoms with Crippen LogP contribution < -0.4 is 4.90 Å². The minimum absolute atomic E-state index is 0.827. The second-order valence-corrected chi connectivity index (χ2v) is 5.30. The van der Waals surface area contributed by atoms with Crippen LogP contribution in [-0.4, -0.2) is 13.6 Å². The van der Waals surface area contributed by atoms with Gasteiger partial charge >= 0.3 is 0 Å². The van der Waals surface area contributed by atoms with Crippen molar-refractivity contribution in [2.24, 2.45) is 5.92 Å². The van der Waals surface area contributed by atoms with Crippen molar-refractivity contribution in [2.75, 3.05) is 18.5 Å². The maximum absolute atomic E-state index is 6.01. The maximum Gasteiger partial charge on any atom is 0.0426 e. The highest BCUT2D eigenvalue weighted by Gasteiger charge is 2.15. The largest absolute Gasteiger partial charge is 0.374 e. The van der Waals surface area contributed by atoms with E-state index < -0.39 is 0 Å². The summed E-state index contributed by atoms with van der Waals surface area (Å²) in [4.78, 5) is 2.34. The first-order valence-corrected chi connectivity index (χ1v) is 6.60. The lowest BCUT2D eigenvalue weighted by atomic mass is 9.89. The summed E-state index contributed by atoms with van der Waals surface area (Å²) in [5, 5.41) is 0.827. The zero-order chi connectivity index (χ0) is 11.4. The summed E-state index contributed by atoms with van der Waals surface area (Å²) in [6.07, 6.45) is 7.04. The molecule has 0 atom stereocenters. The van der Waals surface area contributed by atoms with E-state index in [0.717, 1.165) is 10.9 Å². The third kappa shape index (κ3) is 3.15. The number of benzene rings is 1. The van der Waals surface area contributed by atoms with Crippen molar-refractivity contribution in [3.05, 3.63) is 29.3 Å². The molecule has 0 amide bonds. The van der Waals surface area contributed by atoms with Gasteiger partial charge in [0.1, 0.15) is 0 Å². The maximum atomic E-state index is 6.01. The van der Waals surface area contributed by atoms with Crippen molar-refractivity contribution >= 4 is 17.3 Å². The number of rotatable bonds is 3. The van der Waals surface area contributed by atoms with E-state index in [1.54, 1.807) is 0 Å². The molecule has 1 saturated carbocycles. The van der Waals surface area contributed by atoms with Gasteiger partial charge in [-0.2, -0.15) is 0 Å². The van der Waals surface area contributed by atoms with E-state index in [-0.39, 0.29) is 0 Å². The summed E-state index contributed by atoms with van der Waals surface area (Å²) in [6.45, 7) is 1.17. The molecule has 0 aliphatic heterocycles. The molecule has 2 heteroatoms. The molecule has 0 saturated heterocycles. The van der Waals surface area contributed by atoms with Crippen molar-refractivity contribution in [2.45, 2.75) is 32.1 Å². The first-order valence-electron chi connectivity index (χ1n) is 6.22. The van der Waals surface area contributed by atoms with Gasteiger partial charge in [-0.1, -0.05) is 36.9 Å². The van der Waals surface area contributed by atoms with Gasteiger partial charge in [0, 0.05) is 24.3 Å². The third-order valence-electron chi connectivity index (χ3n) is 3.51. The quantitative estimate of drug-likeness (QED) is 0.755. The third-order valence-corrected chi connectivity index (χ3v) is 3.74. The summed E-state index contributed by atoms with van der Waals surface area (Å²) in [7, 11) is 2.17. The normalized spacial score (nSPS) is 17.4. The van der Waals surface area contributed by atoms with Crippen LogP contribution in [0.25, 0.3) is 0 Å². The van der Waals surface area contributed by atoms with Crippen LogP contribution in [0.15, 0.2) is 24.3 Å². The first-order chi connectivity index (χ1) is 7.75. The second-order valence-electron chi connectivity index (χ2n) is 4.86. The van der Waals surface area contributed by atoms with Crippen LogP contribution >= 0.6 is 11.6 Å². The standard InChI is InChI=1S/C14H20ClN/c1-16(11-12-6-3-2-4-7-12)14-9-5-8-13(15)10-14/h5,8-10,12H,2-4,6-7,11H2,1H3. The molecule has 1 aromatic rings. The number of halogens is 1. The van der Waals surface area contributed by atoms with Gasteiger partial charge in [-0.05, 0) is 37.0 Å². The van der Waals surface area contributed by atoms with Crippen molar-refractivity contribution in [1.82, 2.24) is 0 Å². The van der Waals surface area contributed by atoms with Gasteiger partial charge in [0.25, 0.3) is 0 Å². The van der Waals surface area contributed by atoms with Crippen LogP contribution in [0.4, 0.5) is 5.69 Å². The average molecular weight is 238 g/mol. The Bertz CT molecular complexity index is 331. The van der Waals surface area contributed by atoms with Gasteiger partial charge in [-0.25, -0.2) is 0 Å². The van der Waals surface area contributed by atoms with Crippen LogP contribution in [0.1, 0.15) is 32.1 Å². The number of hydrogen-bond acceptors (Lipinski definition) is 1. The molecule has 0 bridgehead atoms. The second kappa shape index (κ2) is 5.58. The predicted octanol–water partition coefficient (Wildman–Crippen LogP) is 4.36. The molecule has 1 nitrogen and oxygen atoms in total. The molecule has 1 aliphatic rings. The lowest BCUT2D eigenvalue weighted by molar-refractivity contribution is 0.362. The van der Waals surface area contributed by atoms with E-state index in [2.05, 4.69) is 18.0 Å². The molecule has 0 radical (unpaired) electrons. The van der Waals surface area contributed by atoms with E-state index in [1.165, 1.54) is 44.3 Å². The van der Waals surface area contributed by atoms with E-state index in [4.69, 9.17) is 11.6 Å². The predicted molar refractivity (Wildman–Crippen MR) is 71.3 cm³/mol. The minimum Gasteiger partial charge on any atom is -0.374 e. The molecule has 0 heterocycles. The van der Waals surface area contributed by atoms with Gasteiger partial charge in [-0.3, -0.25) is 0 Å². The van der Waals surface area contributed by atoms with E-state index >= 15 is 0 Å². The number of hydrogen-bond donors (Lipinski definition) is 0. The molecule has 0 spiro atoms. The van der Waals surface area contributed by atoms with Crippen molar-refractivity contribution in [3.63, 3.8) is 0 Å². The average Bonchev–Trinajstić information content (AvgIpc) is 2.30. The Morgan fingerprint density at radius 1 is 1.25 bits per heavy atom. The van der Waals surface area contributed by atoms with Gasteiger partial charge in [-0.15, -0.1) is 0 Å². The number of nitrogens with zero attached hydrogens (tertiary/aromatic N) is 1. The molecule has 1 fully saturated rings. The zero-order valence-electron chi connectivity index (χ0n) is 9.95. The molecule has 0 aromatic heterocycles. The van der Waals surface area contributed by atoms with Crippen LogP contribution in [-0.2, 0) is 0 Å². The number of anilines is 1. The van der Waals surface area contributed by atoms with Crippen molar-refractivity contribution < 1.29 is 0 Å². The lowest BCUT2D eigenvalue weighted by Crippen LogP contribution is -2.26. The molecule has 0 unspecified atom stereocenters. The smallest absolute Gasteiger partial charge is 0.0426 e. The summed E-state index contributed by atoms with van der Waals surface area (Å²) in [5.74, 6) is 0.873. The van der Waals surface area contributed by atoms with Gasteiger partial charge in [0.05, 0.1) is 0 Å². The fourth-order valence-corrected chi connectivity index (χ4v) is 2.76. The molecule has 2 rings (SSSR count). The van der Waals surface area contributed by atoms with E-state index in [1.807, 2.05) is 18.2 Å². The molecule has 88 valence electrons. The fraction of sp³-hybridized carbons (Fsp3) is 0.571. The Labute approximate surface area is 103 Å². The molecule has 1 aliphatic carbocycles. The monoisotopic (exact) mass is 237 g/mol. The Balaban J connectivity index is 1.94. The first kappa shape index (κ1) is 11.8. The van der Waals surface area contributed by atoms with E-state index in [9.17, 15) is 0 Å². The van der Waals surface area contributed by atoms with E-state index in [0.29, 0.717) is 0 Å². The molecule has 16 heavy (non-hydrogen) atoms. The van der Waals surface area contributed by atoms with Crippen LogP contribution in [0.2, 0.25) is 5.02 Å². The Kier molecular flexibility index (Phi) is 4.11. The Morgan fingerprint density at radius 3 is 2.69 bits per heavy atom. The minimum atomic E-state index is 0.827. The van der Waals surface area contributed by atoms with Gasteiger partial charge in [0.2, 0.25) is 0 Å². The highest BCUT2D eigenvalue weighted by atomic mass is 35.5. The van der Waals surface area contributed by atoms with Gasteiger partial charge in [0.15, 0.2) is 0 Å². The van der Waals surface area contributed by atoms with Gasteiger partial charge < -0.3 is 4.90 Å². The van der Waals surface area contributed by atoms with Crippen molar-refractivity contribution in [3.8, 4) is 0 Å². The van der Waals surface area contributed by atoms with Crippen LogP contribution in [0, 0.1) is 5.92 Å². The SMILES string of the molecule is CN(CC1CCCCC1)c1cccc(Cl)c1. The van der Waals surface area contributed by atoms with Crippen LogP contribution in [0.3, 0.4) is 0 Å². The summed E-state index contributed by atoms with van der Waals surface area (Å²) < 4.78 is 0. The summed E-state index contributed by atoms with van der Waals surface area (Å²) >= 11 is 6.01. The van der Waals surface area contributed by atoms with Crippen LogP contribution in [0.5, 0.6) is 0 Å². The molecule has 0 N–H and O–H groups in total. The molecular weight excluding hydrogens is 218 g/mol.